The molecule has 0 saturated heterocycles. The van der Waals surface area contributed by atoms with E-state index in [2.05, 4.69) is 35.3 Å². The van der Waals surface area contributed by atoms with Gasteiger partial charge in [0.1, 0.15) is 17.2 Å². The number of carbonyl (C=O) groups excluding carboxylic acids is 1. The van der Waals surface area contributed by atoms with Crippen molar-refractivity contribution in [1.29, 1.82) is 0 Å². The summed E-state index contributed by atoms with van der Waals surface area (Å²) in [6, 6.07) is 4.93. The predicted molar refractivity (Wildman–Crippen MR) is 127 cm³/mol. The lowest BCUT2D eigenvalue weighted by atomic mass is 10.0. The maximum atomic E-state index is 14.7. The first-order valence-corrected chi connectivity index (χ1v) is 10.6. The highest BCUT2D eigenvalue weighted by atomic mass is 19.4. The van der Waals surface area contributed by atoms with Crippen LogP contribution in [0.25, 0.3) is 11.1 Å². The van der Waals surface area contributed by atoms with Gasteiger partial charge in [-0.15, -0.1) is 0 Å². The maximum Gasteiger partial charge on any atom is 0.421 e. The number of ether oxygens (including phenoxy) is 1. The van der Waals surface area contributed by atoms with Crippen LogP contribution >= 0.6 is 0 Å². The van der Waals surface area contributed by atoms with Gasteiger partial charge in [0.05, 0.1) is 25.4 Å². The molecule has 0 bridgehead atoms. The van der Waals surface area contributed by atoms with Crippen molar-refractivity contribution in [1.82, 2.24) is 15.0 Å². The number of alkyl halides is 3. The summed E-state index contributed by atoms with van der Waals surface area (Å²) in [4.78, 5) is 28.4. The van der Waals surface area contributed by atoms with Crippen LogP contribution in [0.1, 0.15) is 25.0 Å². The third-order valence-electron chi connectivity index (χ3n) is 4.80. The molecule has 0 saturated carbocycles. The Balaban J connectivity index is 1.70. The molecule has 0 atom stereocenters. The van der Waals surface area contributed by atoms with Crippen LogP contribution in [-0.4, -0.2) is 34.2 Å². The molecule has 0 aliphatic rings. The first-order chi connectivity index (χ1) is 17.1. The molecule has 0 fully saturated rings. The number of benzene rings is 1. The molecule has 0 radical (unpaired) electrons. The Labute approximate surface area is 204 Å². The lowest BCUT2D eigenvalue weighted by Crippen LogP contribution is -2.17. The average molecular weight is 502 g/mol. The SMILES string of the molecule is C/C=N\C(=C/C)Nc1ncc(-c2ccc(CC(=O)Nc3cnc(OC)c(C(F)(F)F)c3)c(F)c2)cn1. The van der Waals surface area contributed by atoms with E-state index < -0.39 is 35.8 Å². The van der Waals surface area contributed by atoms with Crippen molar-refractivity contribution < 1.29 is 27.1 Å². The largest absolute Gasteiger partial charge is 0.481 e. The van der Waals surface area contributed by atoms with E-state index in [9.17, 15) is 22.4 Å². The van der Waals surface area contributed by atoms with E-state index in [-0.39, 0.29) is 11.3 Å². The number of nitrogens with zero attached hydrogens (tertiary/aromatic N) is 4. The number of nitrogens with one attached hydrogen (secondary N) is 2. The monoisotopic (exact) mass is 502 g/mol. The molecule has 3 rings (SSSR count). The minimum Gasteiger partial charge on any atom is -0.481 e. The minimum absolute atomic E-state index is 0.0584. The van der Waals surface area contributed by atoms with E-state index in [1.165, 1.54) is 24.5 Å². The number of hydrogen-bond donors (Lipinski definition) is 2. The summed E-state index contributed by atoms with van der Waals surface area (Å²) in [5, 5.41) is 5.24. The molecule has 0 aliphatic heterocycles. The van der Waals surface area contributed by atoms with Gasteiger partial charge in [0, 0.05) is 24.2 Å². The molecule has 3 aromatic rings. The standard InChI is InChI=1S/C24H22F4N6O2/c1-4-20(29-5-2)34-23-31-11-16(12-32-23)14-6-7-15(19(25)8-14)9-21(35)33-17-10-18(24(26,27)28)22(36-3)30-13-17/h4-8,10-13H,9H2,1-3H3,(H,33,35)(H,31,32,34)/b20-4+,29-5-. The van der Waals surface area contributed by atoms with Crippen LogP contribution in [0.15, 0.2) is 59.7 Å². The number of aliphatic imine (C=N–C) groups is 1. The number of pyridine rings is 1. The van der Waals surface area contributed by atoms with Crippen LogP contribution in [0.2, 0.25) is 0 Å². The summed E-state index contributed by atoms with van der Waals surface area (Å²) >= 11 is 0. The molecule has 2 N–H and O–H groups in total. The zero-order valence-corrected chi connectivity index (χ0v) is 19.5. The first-order valence-electron chi connectivity index (χ1n) is 10.6. The Morgan fingerprint density at radius 2 is 1.78 bits per heavy atom. The topological polar surface area (TPSA) is 101 Å². The fourth-order valence-corrected chi connectivity index (χ4v) is 3.11. The average Bonchev–Trinajstić information content (AvgIpc) is 2.85. The van der Waals surface area contributed by atoms with Crippen LogP contribution in [0.5, 0.6) is 5.88 Å². The Bertz CT molecular complexity index is 1290. The van der Waals surface area contributed by atoms with Gasteiger partial charge in [-0.3, -0.25) is 4.79 Å². The number of hydrogen-bond acceptors (Lipinski definition) is 7. The highest BCUT2D eigenvalue weighted by molar-refractivity contribution is 5.92. The molecule has 2 heterocycles. The third kappa shape index (κ3) is 6.62. The lowest BCUT2D eigenvalue weighted by Gasteiger charge is -2.13. The molecular weight excluding hydrogens is 480 g/mol. The number of carbonyl (C=O) groups is 1. The van der Waals surface area contributed by atoms with Gasteiger partial charge < -0.3 is 15.4 Å². The summed E-state index contributed by atoms with van der Waals surface area (Å²) < 4.78 is 58.8. The van der Waals surface area contributed by atoms with Gasteiger partial charge in [0.2, 0.25) is 17.7 Å². The molecule has 0 aliphatic carbocycles. The molecule has 0 unspecified atom stereocenters. The smallest absolute Gasteiger partial charge is 0.421 e. The van der Waals surface area contributed by atoms with Crippen molar-refractivity contribution in [3.05, 3.63) is 71.7 Å². The lowest BCUT2D eigenvalue weighted by molar-refractivity contribution is -0.139. The van der Waals surface area contributed by atoms with Crippen LogP contribution in [0.4, 0.5) is 29.2 Å². The molecule has 1 amide bonds. The Morgan fingerprint density at radius 3 is 2.36 bits per heavy atom. The van der Waals surface area contributed by atoms with Crippen molar-refractivity contribution in [3.63, 3.8) is 0 Å². The summed E-state index contributed by atoms with van der Waals surface area (Å²) in [6.07, 6.45) is 2.29. The van der Waals surface area contributed by atoms with Gasteiger partial charge in [-0.05, 0) is 43.2 Å². The zero-order chi connectivity index (χ0) is 26.3. The molecular formula is C24H22F4N6O2. The van der Waals surface area contributed by atoms with Crippen LogP contribution in [0, 0.1) is 5.82 Å². The molecule has 12 heteroatoms. The van der Waals surface area contributed by atoms with Crippen LogP contribution in [0.3, 0.4) is 0 Å². The zero-order valence-electron chi connectivity index (χ0n) is 19.5. The molecule has 1 aromatic carbocycles. The van der Waals surface area contributed by atoms with Gasteiger partial charge in [-0.1, -0.05) is 12.1 Å². The van der Waals surface area contributed by atoms with E-state index in [1.807, 2.05) is 6.92 Å². The summed E-state index contributed by atoms with van der Waals surface area (Å²) in [7, 11) is 1.06. The second kappa shape index (κ2) is 11.4. The van der Waals surface area contributed by atoms with Crippen LogP contribution < -0.4 is 15.4 Å². The Morgan fingerprint density at radius 1 is 1.06 bits per heavy atom. The van der Waals surface area contributed by atoms with E-state index in [1.54, 1.807) is 25.3 Å². The second-order valence-electron chi connectivity index (χ2n) is 7.29. The Kier molecular flexibility index (Phi) is 8.30. The quantitative estimate of drug-likeness (QED) is 0.322. The summed E-state index contributed by atoms with van der Waals surface area (Å²) in [6.45, 7) is 3.58. The van der Waals surface area contributed by atoms with E-state index in [4.69, 9.17) is 0 Å². The maximum absolute atomic E-state index is 14.7. The van der Waals surface area contributed by atoms with E-state index >= 15 is 0 Å². The van der Waals surface area contributed by atoms with Gasteiger partial charge in [0.15, 0.2) is 0 Å². The molecule has 8 nitrogen and oxygen atoms in total. The highest BCUT2D eigenvalue weighted by Crippen LogP contribution is 2.36. The van der Waals surface area contributed by atoms with Gasteiger partial charge >= 0.3 is 6.18 Å². The van der Waals surface area contributed by atoms with Crippen molar-refractivity contribution in [2.75, 3.05) is 17.7 Å². The van der Waals surface area contributed by atoms with Crippen molar-refractivity contribution >= 4 is 23.8 Å². The molecule has 188 valence electrons. The highest BCUT2D eigenvalue weighted by Gasteiger charge is 2.35. The predicted octanol–water partition coefficient (Wildman–Crippen LogP) is 5.25. The Hall–Kier alpha value is -4.35. The number of halogens is 4. The number of rotatable bonds is 8. The van der Waals surface area contributed by atoms with Crippen molar-refractivity contribution in [2.24, 2.45) is 4.99 Å². The number of allylic oxidation sites excluding steroid dienone is 1. The molecule has 36 heavy (non-hydrogen) atoms. The number of anilines is 2. The third-order valence-corrected chi connectivity index (χ3v) is 4.80. The molecule has 2 aromatic heterocycles. The van der Waals surface area contributed by atoms with E-state index in [0.717, 1.165) is 13.3 Å². The molecule has 0 spiro atoms. The summed E-state index contributed by atoms with van der Waals surface area (Å²) in [5.74, 6) is -1.12. The van der Waals surface area contributed by atoms with Gasteiger partial charge in [0.25, 0.3) is 0 Å². The van der Waals surface area contributed by atoms with Crippen molar-refractivity contribution in [2.45, 2.75) is 26.4 Å². The first kappa shape index (κ1) is 26.3. The van der Waals surface area contributed by atoms with Crippen LogP contribution in [-0.2, 0) is 17.4 Å². The van der Waals surface area contributed by atoms with E-state index in [0.29, 0.717) is 29.0 Å². The van der Waals surface area contributed by atoms with Gasteiger partial charge in [-0.2, -0.15) is 13.2 Å². The fraction of sp³-hybridized carbons (Fsp3) is 0.208. The summed E-state index contributed by atoms with van der Waals surface area (Å²) in [5.41, 5.74) is -0.248. The second-order valence-corrected chi connectivity index (χ2v) is 7.29. The number of aromatic nitrogens is 3. The minimum atomic E-state index is -4.72. The van der Waals surface area contributed by atoms with Crippen molar-refractivity contribution in [3.8, 4) is 17.0 Å². The number of methoxy groups -OCH3 is 1. The number of amides is 1. The normalized spacial score (nSPS) is 12.0. The fourth-order valence-electron chi connectivity index (χ4n) is 3.11. The van der Waals surface area contributed by atoms with Gasteiger partial charge in [-0.25, -0.2) is 24.3 Å².